The van der Waals surface area contributed by atoms with Gasteiger partial charge in [-0.1, -0.05) is 81.1 Å². The number of rotatable bonds is 5. The van der Waals surface area contributed by atoms with Crippen LogP contribution < -0.4 is 16.0 Å². The molecule has 2 aromatic rings. The molecule has 0 spiro atoms. The van der Waals surface area contributed by atoms with Crippen molar-refractivity contribution in [1.29, 1.82) is 0 Å². The van der Waals surface area contributed by atoms with Gasteiger partial charge in [0.15, 0.2) is 5.11 Å². The van der Waals surface area contributed by atoms with Crippen LogP contribution in [0.25, 0.3) is 0 Å². The van der Waals surface area contributed by atoms with Crippen LogP contribution in [0.15, 0.2) is 51.4 Å². The summed E-state index contributed by atoms with van der Waals surface area (Å²) in [5.41, 5.74) is 2.59. The minimum absolute atomic E-state index is 0.150. The minimum Gasteiger partial charge on any atom is -0.339 e. The number of halogens is 5. The number of hydrogen-bond acceptors (Lipinski definition) is 2. The Morgan fingerprint density at radius 2 is 1.75 bits per heavy atom. The molecule has 0 fully saturated rings. The highest BCUT2D eigenvalue weighted by atomic mass is 79.9. The van der Waals surface area contributed by atoms with Crippen LogP contribution in [0.1, 0.15) is 11.1 Å². The lowest BCUT2D eigenvalue weighted by atomic mass is 10.1. The molecule has 0 saturated heterocycles. The first-order valence-electron chi connectivity index (χ1n) is 7.99. The first-order chi connectivity index (χ1) is 13.1. The van der Waals surface area contributed by atoms with Gasteiger partial charge in [-0.05, 0) is 58.3 Å². The number of thiocarbonyl (C=S) groups is 1. The van der Waals surface area contributed by atoms with Gasteiger partial charge in [-0.15, -0.1) is 0 Å². The fourth-order valence-corrected chi connectivity index (χ4v) is 3.88. The second kappa shape index (κ2) is 10.5. The van der Waals surface area contributed by atoms with E-state index in [1.165, 1.54) is 0 Å². The summed E-state index contributed by atoms with van der Waals surface area (Å²) in [5, 5.41) is 8.73. The summed E-state index contributed by atoms with van der Waals surface area (Å²) in [6.45, 7) is 1.95. The standard InChI is InChI=1S/C18H16Br2Cl3N3OS/c1-10-7-14(13(20)9-12(10)19)24-17(28)26-16(18(21,22)23)25-15(27)8-11-5-3-2-4-6-11/h2-7,9,16H,8H2,1H3,(H,25,27)(H2,24,26,28)/t16-/m0/s1. The van der Waals surface area contributed by atoms with Crippen LogP contribution in [0, 0.1) is 6.92 Å². The van der Waals surface area contributed by atoms with Crippen molar-refractivity contribution < 1.29 is 4.79 Å². The van der Waals surface area contributed by atoms with E-state index in [0.29, 0.717) is 0 Å². The lowest BCUT2D eigenvalue weighted by Crippen LogP contribution is -2.56. The maximum Gasteiger partial charge on any atom is 0.228 e. The highest BCUT2D eigenvalue weighted by Crippen LogP contribution is 2.31. The van der Waals surface area contributed by atoms with E-state index in [1.807, 2.05) is 49.4 Å². The molecule has 0 unspecified atom stereocenters. The van der Waals surface area contributed by atoms with E-state index in [4.69, 9.17) is 47.0 Å². The Balaban J connectivity index is 2.04. The molecular weight excluding hydrogens is 572 g/mol. The number of alkyl halides is 3. The molecule has 0 saturated carbocycles. The van der Waals surface area contributed by atoms with Crippen molar-refractivity contribution in [3.05, 3.63) is 62.5 Å². The van der Waals surface area contributed by atoms with Gasteiger partial charge in [0.2, 0.25) is 9.70 Å². The van der Waals surface area contributed by atoms with Gasteiger partial charge in [0.1, 0.15) is 6.17 Å². The van der Waals surface area contributed by atoms with Crippen molar-refractivity contribution in [3.8, 4) is 0 Å². The quantitative estimate of drug-likeness (QED) is 0.233. The first kappa shape index (κ1) is 23.7. The molecule has 0 bridgehead atoms. The lowest BCUT2D eigenvalue weighted by Gasteiger charge is -2.28. The van der Waals surface area contributed by atoms with Gasteiger partial charge >= 0.3 is 0 Å². The Morgan fingerprint density at radius 1 is 1.11 bits per heavy atom. The van der Waals surface area contributed by atoms with Crippen molar-refractivity contribution in [1.82, 2.24) is 10.6 Å². The van der Waals surface area contributed by atoms with Crippen molar-refractivity contribution in [2.24, 2.45) is 0 Å². The van der Waals surface area contributed by atoms with Gasteiger partial charge in [-0.25, -0.2) is 0 Å². The largest absolute Gasteiger partial charge is 0.339 e. The van der Waals surface area contributed by atoms with Crippen LogP contribution in [0.5, 0.6) is 0 Å². The molecule has 2 rings (SSSR count). The fourth-order valence-electron chi connectivity index (χ4n) is 2.24. The van der Waals surface area contributed by atoms with E-state index in [0.717, 1.165) is 25.8 Å². The van der Waals surface area contributed by atoms with Crippen LogP contribution in [-0.4, -0.2) is 21.0 Å². The summed E-state index contributed by atoms with van der Waals surface area (Å²) in [6.07, 6.45) is -0.874. The van der Waals surface area contributed by atoms with E-state index in [2.05, 4.69) is 47.8 Å². The van der Waals surface area contributed by atoms with Gasteiger partial charge in [-0.2, -0.15) is 0 Å². The second-order valence-corrected chi connectivity index (χ2v) is 10.4. The van der Waals surface area contributed by atoms with Crippen molar-refractivity contribution in [3.63, 3.8) is 0 Å². The van der Waals surface area contributed by atoms with Crippen LogP contribution in [0.3, 0.4) is 0 Å². The zero-order valence-corrected chi connectivity index (χ0v) is 20.8. The molecule has 28 heavy (non-hydrogen) atoms. The molecule has 2 aromatic carbocycles. The first-order valence-corrected chi connectivity index (χ1v) is 11.1. The topological polar surface area (TPSA) is 53.2 Å². The average Bonchev–Trinajstić information content (AvgIpc) is 2.59. The molecule has 10 heteroatoms. The molecule has 0 radical (unpaired) electrons. The minimum atomic E-state index is -1.81. The van der Waals surface area contributed by atoms with Gasteiger partial charge in [-0.3, -0.25) is 4.79 Å². The van der Waals surface area contributed by atoms with Crippen molar-refractivity contribution >= 4 is 95.6 Å². The third-order valence-corrected chi connectivity index (χ3v) is 6.00. The molecule has 0 heterocycles. The Labute approximate surface area is 200 Å². The number of aryl methyl sites for hydroxylation is 1. The monoisotopic (exact) mass is 585 g/mol. The number of carbonyl (C=O) groups excluding carboxylic acids is 1. The molecule has 1 amide bonds. The van der Waals surface area contributed by atoms with Gasteiger partial charge in [0, 0.05) is 8.95 Å². The lowest BCUT2D eigenvalue weighted by molar-refractivity contribution is -0.121. The van der Waals surface area contributed by atoms with Gasteiger partial charge < -0.3 is 16.0 Å². The Bertz CT molecular complexity index is 863. The summed E-state index contributed by atoms with van der Waals surface area (Å²) in [5.74, 6) is -0.307. The summed E-state index contributed by atoms with van der Waals surface area (Å²) in [4.78, 5) is 12.3. The van der Waals surface area contributed by atoms with E-state index < -0.39 is 9.96 Å². The predicted molar refractivity (Wildman–Crippen MR) is 128 cm³/mol. The third kappa shape index (κ3) is 7.35. The normalized spacial score (nSPS) is 12.2. The Morgan fingerprint density at radius 3 is 2.36 bits per heavy atom. The molecule has 150 valence electrons. The van der Waals surface area contributed by atoms with Crippen LogP contribution >= 0.6 is 78.9 Å². The zero-order chi connectivity index (χ0) is 20.9. The number of benzene rings is 2. The van der Waals surface area contributed by atoms with Crippen molar-refractivity contribution in [2.75, 3.05) is 5.32 Å². The van der Waals surface area contributed by atoms with E-state index in [-0.39, 0.29) is 17.4 Å². The predicted octanol–water partition coefficient (Wildman–Crippen LogP) is 5.86. The van der Waals surface area contributed by atoms with E-state index in [1.54, 1.807) is 0 Å². The van der Waals surface area contributed by atoms with E-state index >= 15 is 0 Å². The number of amides is 1. The summed E-state index contributed by atoms with van der Waals surface area (Å²) in [7, 11) is 0. The summed E-state index contributed by atoms with van der Waals surface area (Å²) < 4.78 is -0.0610. The zero-order valence-electron chi connectivity index (χ0n) is 14.5. The Hall–Kier alpha value is -0.570. The average molecular weight is 589 g/mol. The number of nitrogens with one attached hydrogen (secondary N) is 3. The SMILES string of the molecule is Cc1cc(NC(=S)N[C@H](NC(=O)Cc2ccccc2)C(Cl)(Cl)Cl)c(Br)cc1Br. The van der Waals surface area contributed by atoms with E-state index in [9.17, 15) is 4.79 Å². The van der Waals surface area contributed by atoms with Crippen LogP contribution in [0.4, 0.5) is 5.69 Å². The summed E-state index contributed by atoms with van der Waals surface area (Å²) in [6, 6.07) is 13.1. The van der Waals surface area contributed by atoms with Gasteiger partial charge in [0.05, 0.1) is 12.1 Å². The van der Waals surface area contributed by atoms with Gasteiger partial charge in [0.25, 0.3) is 0 Å². The molecular formula is C18H16Br2Cl3N3OS. The van der Waals surface area contributed by atoms with Crippen molar-refractivity contribution in [2.45, 2.75) is 23.3 Å². The second-order valence-electron chi connectivity index (χ2n) is 5.88. The highest BCUT2D eigenvalue weighted by Gasteiger charge is 2.34. The third-order valence-electron chi connectivity index (χ3n) is 3.61. The number of hydrogen-bond donors (Lipinski definition) is 3. The number of carbonyl (C=O) groups is 1. The molecule has 0 aliphatic carbocycles. The fraction of sp³-hybridized carbons (Fsp3) is 0.222. The molecule has 0 aromatic heterocycles. The molecule has 4 nitrogen and oxygen atoms in total. The van der Waals surface area contributed by atoms with Crippen LogP contribution in [0.2, 0.25) is 0 Å². The maximum absolute atomic E-state index is 12.3. The molecule has 0 aliphatic heterocycles. The molecule has 3 N–H and O–H groups in total. The highest BCUT2D eigenvalue weighted by molar-refractivity contribution is 9.11. The smallest absolute Gasteiger partial charge is 0.228 e. The molecule has 0 aliphatic rings. The van der Waals surface area contributed by atoms with Crippen LogP contribution in [-0.2, 0) is 11.2 Å². The summed E-state index contributed by atoms with van der Waals surface area (Å²) >= 11 is 30.3. The number of anilines is 1. The molecule has 1 atom stereocenters. The maximum atomic E-state index is 12.3. The Kier molecular flexibility index (Phi) is 8.85.